The van der Waals surface area contributed by atoms with Crippen LogP contribution in [0.25, 0.3) is 0 Å². The van der Waals surface area contributed by atoms with Gasteiger partial charge < -0.3 is 10.1 Å². The molecule has 5 heteroatoms. The Labute approximate surface area is 125 Å². The molecule has 1 saturated heterocycles. The number of ketones is 1. The largest absolute Gasteiger partial charge is 0.378 e. The predicted octanol–water partition coefficient (Wildman–Crippen LogP) is 1.09. The zero-order chi connectivity index (χ0) is 15.2. The Hall–Kier alpha value is -1.72. The number of nitrogens with one attached hydrogen (secondary N) is 1. The molecule has 0 spiro atoms. The Kier molecular flexibility index (Phi) is 5.47. The molecule has 2 unspecified atom stereocenters. The third-order valence-corrected chi connectivity index (χ3v) is 3.76. The van der Waals surface area contributed by atoms with Crippen molar-refractivity contribution >= 4 is 11.7 Å². The lowest BCUT2D eigenvalue weighted by atomic mass is 10.0. The van der Waals surface area contributed by atoms with Gasteiger partial charge in [-0.1, -0.05) is 30.3 Å². The Bertz CT molecular complexity index is 490. The van der Waals surface area contributed by atoms with E-state index in [-0.39, 0.29) is 17.7 Å². The number of morpholine rings is 1. The maximum Gasteiger partial charge on any atom is 0.239 e. The number of amides is 1. The van der Waals surface area contributed by atoms with Crippen LogP contribution in [-0.4, -0.2) is 55.0 Å². The topological polar surface area (TPSA) is 58.6 Å². The molecule has 0 saturated carbocycles. The molecule has 114 valence electrons. The molecule has 21 heavy (non-hydrogen) atoms. The summed E-state index contributed by atoms with van der Waals surface area (Å²) in [6, 6.07) is 8.44. The van der Waals surface area contributed by atoms with Crippen LogP contribution in [0.3, 0.4) is 0 Å². The molecule has 1 aliphatic heterocycles. The molecule has 1 fully saturated rings. The van der Waals surface area contributed by atoms with Gasteiger partial charge in [0.1, 0.15) is 6.04 Å². The number of ether oxygens (including phenoxy) is 1. The van der Waals surface area contributed by atoms with E-state index in [4.69, 9.17) is 4.74 Å². The van der Waals surface area contributed by atoms with Crippen molar-refractivity contribution in [3.05, 3.63) is 35.9 Å². The predicted molar refractivity (Wildman–Crippen MR) is 80.2 cm³/mol. The Morgan fingerprint density at radius 3 is 2.76 bits per heavy atom. The fourth-order valence-corrected chi connectivity index (χ4v) is 2.59. The average molecular weight is 290 g/mol. The summed E-state index contributed by atoms with van der Waals surface area (Å²) in [6.07, 6.45) is 0. The lowest BCUT2D eigenvalue weighted by molar-refractivity contribution is -0.133. The summed E-state index contributed by atoms with van der Waals surface area (Å²) < 4.78 is 5.40. The van der Waals surface area contributed by atoms with E-state index in [0.717, 1.165) is 0 Å². The van der Waals surface area contributed by atoms with Crippen LogP contribution in [0.4, 0.5) is 0 Å². The molecule has 2 atom stereocenters. The number of carbonyl (C=O) groups is 2. The summed E-state index contributed by atoms with van der Waals surface area (Å²) in [5, 5.41) is 2.81. The summed E-state index contributed by atoms with van der Waals surface area (Å²) in [5.74, 6) is -0.0447. The molecule has 1 amide bonds. The van der Waals surface area contributed by atoms with Crippen LogP contribution >= 0.6 is 0 Å². The summed E-state index contributed by atoms with van der Waals surface area (Å²) in [7, 11) is 0. The van der Waals surface area contributed by atoms with Gasteiger partial charge in [0, 0.05) is 18.7 Å². The Balaban J connectivity index is 2.13. The Morgan fingerprint density at radius 2 is 2.10 bits per heavy atom. The highest BCUT2D eigenvalue weighted by atomic mass is 16.5. The molecule has 0 aromatic heterocycles. The second-order valence-corrected chi connectivity index (χ2v) is 5.13. The first kappa shape index (κ1) is 15.7. The monoisotopic (exact) mass is 290 g/mol. The lowest BCUT2D eigenvalue weighted by Gasteiger charge is -2.37. The van der Waals surface area contributed by atoms with E-state index in [2.05, 4.69) is 5.32 Å². The molecule has 1 N–H and O–H groups in total. The molecule has 0 aliphatic carbocycles. The average Bonchev–Trinajstić information content (AvgIpc) is 2.54. The molecule has 2 rings (SSSR count). The number of hydrogen-bond donors (Lipinski definition) is 1. The standard InChI is InChI=1S/C16H22N2O3/c1-3-17-16(20)14-11-21-10-9-18(14)12(2)15(19)13-7-5-4-6-8-13/h4-8,12,14H,3,9-11H2,1-2H3,(H,17,20). The summed E-state index contributed by atoms with van der Waals surface area (Å²) >= 11 is 0. The van der Waals surface area contributed by atoms with Crippen LogP contribution < -0.4 is 5.32 Å². The molecule has 1 aliphatic rings. The number of carbonyl (C=O) groups excluding carboxylic acids is 2. The first-order valence-corrected chi connectivity index (χ1v) is 7.35. The number of benzene rings is 1. The number of rotatable bonds is 5. The molecule has 1 heterocycles. The van der Waals surface area contributed by atoms with Crippen LogP contribution in [0, 0.1) is 0 Å². The molecule has 1 aromatic rings. The molecule has 0 radical (unpaired) electrons. The first-order valence-electron chi connectivity index (χ1n) is 7.35. The molecule has 5 nitrogen and oxygen atoms in total. The fourth-order valence-electron chi connectivity index (χ4n) is 2.59. The fraction of sp³-hybridized carbons (Fsp3) is 0.500. The number of hydrogen-bond acceptors (Lipinski definition) is 4. The van der Waals surface area contributed by atoms with Gasteiger partial charge in [-0.05, 0) is 13.8 Å². The quantitative estimate of drug-likeness (QED) is 0.825. The summed E-state index contributed by atoms with van der Waals surface area (Å²) in [5.41, 5.74) is 0.672. The van der Waals surface area contributed by atoms with Gasteiger partial charge in [-0.15, -0.1) is 0 Å². The van der Waals surface area contributed by atoms with E-state index >= 15 is 0 Å². The second kappa shape index (κ2) is 7.33. The normalized spacial score (nSPS) is 20.8. The summed E-state index contributed by atoms with van der Waals surface area (Å²) in [6.45, 7) is 5.77. The van der Waals surface area contributed by atoms with E-state index in [9.17, 15) is 9.59 Å². The van der Waals surface area contributed by atoms with E-state index in [1.54, 1.807) is 12.1 Å². The van der Waals surface area contributed by atoms with Gasteiger partial charge >= 0.3 is 0 Å². The van der Waals surface area contributed by atoms with Crippen molar-refractivity contribution in [2.75, 3.05) is 26.3 Å². The Morgan fingerprint density at radius 1 is 1.38 bits per heavy atom. The van der Waals surface area contributed by atoms with Gasteiger partial charge in [-0.25, -0.2) is 0 Å². The van der Waals surface area contributed by atoms with Gasteiger partial charge in [0.25, 0.3) is 0 Å². The number of nitrogens with zero attached hydrogens (tertiary/aromatic N) is 1. The third-order valence-electron chi connectivity index (χ3n) is 3.76. The van der Waals surface area contributed by atoms with Gasteiger partial charge in [0.2, 0.25) is 5.91 Å². The molecular formula is C16H22N2O3. The van der Waals surface area contributed by atoms with Crippen molar-refractivity contribution in [3.8, 4) is 0 Å². The number of Topliss-reactive ketones (excluding diaryl/α,β-unsaturated/α-hetero) is 1. The van der Waals surface area contributed by atoms with Crippen molar-refractivity contribution < 1.29 is 14.3 Å². The van der Waals surface area contributed by atoms with Crippen LogP contribution in [0.15, 0.2) is 30.3 Å². The maximum absolute atomic E-state index is 12.6. The molecule has 1 aromatic carbocycles. The van der Waals surface area contributed by atoms with Crippen LogP contribution in [0.2, 0.25) is 0 Å². The molecule has 0 bridgehead atoms. The minimum atomic E-state index is -0.402. The zero-order valence-electron chi connectivity index (χ0n) is 12.5. The van der Waals surface area contributed by atoms with E-state index < -0.39 is 6.04 Å². The van der Waals surface area contributed by atoms with Gasteiger partial charge in [0.15, 0.2) is 5.78 Å². The number of likely N-dealkylation sites (N-methyl/N-ethyl adjacent to an activating group) is 1. The SMILES string of the molecule is CCNC(=O)C1COCCN1C(C)C(=O)c1ccccc1. The van der Waals surface area contributed by atoms with Crippen LogP contribution in [0.1, 0.15) is 24.2 Å². The second-order valence-electron chi connectivity index (χ2n) is 5.13. The van der Waals surface area contributed by atoms with Gasteiger partial charge in [-0.3, -0.25) is 14.5 Å². The van der Waals surface area contributed by atoms with Crippen molar-refractivity contribution in [2.24, 2.45) is 0 Å². The van der Waals surface area contributed by atoms with Gasteiger partial charge in [-0.2, -0.15) is 0 Å². The molecular weight excluding hydrogens is 268 g/mol. The third kappa shape index (κ3) is 3.68. The maximum atomic E-state index is 12.6. The highest BCUT2D eigenvalue weighted by molar-refractivity contribution is 6.00. The highest BCUT2D eigenvalue weighted by Gasteiger charge is 2.35. The van der Waals surface area contributed by atoms with Crippen LogP contribution in [-0.2, 0) is 9.53 Å². The first-order chi connectivity index (χ1) is 10.1. The van der Waals surface area contributed by atoms with Gasteiger partial charge in [0.05, 0.1) is 19.3 Å². The van der Waals surface area contributed by atoms with Crippen LogP contribution in [0.5, 0.6) is 0 Å². The highest BCUT2D eigenvalue weighted by Crippen LogP contribution is 2.15. The van der Waals surface area contributed by atoms with E-state index in [1.165, 1.54) is 0 Å². The van der Waals surface area contributed by atoms with Crippen molar-refractivity contribution in [2.45, 2.75) is 25.9 Å². The lowest BCUT2D eigenvalue weighted by Crippen LogP contribution is -2.58. The summed E-state index contributed by atoms with van der Waals surface area (Å²) in [4.78, 5) is 26.6. The van der Waals surface area contributed by atoms with E-state index in [1.807, 2.05) is 36.9 Å². The zero-order valence-corrected chi connectivity index (χ0v) is 12.5. The van der Waals surface area contributed by atoms with E-state index in [0.29, 0.717) is 31.9 Å². The van der Waals surface area contributed by atoms with Crippen molar-refractivity contribution in [3.63, 3.8) is 0 Å². The minimum Gasteiger partial charge on any atom is -0.378 e. The van der Waals surface area contributed by atoms with Crippen molar-refractivity contribution in [1.82, 2.24) is 10.2 Å². The minimum absolute atomic E-state index is 0.0341. The van der Waals surface area contributed by atoms with Crippen molar-refractivity contribution in [1.29, 1.82) is 0 Å². The smallest absolute Gasteiger partial charge is 0.239 e.